The highest BCUT2D eigenvalue weighted by Gasteiger charge is 2.18. The van der Waals surface area contributed by atoms with Crippen molar-refractivity contribution >= 4 is 15.7 Å². The minimum absolute atomic E-state index is 0.217. The normalized spacial score (nSPS) is 14.0. The summed E-state index contributed by atoms with van der Waals surface area (Å²) in [7, 11) is -3.51. The number of benzene rings is 1. The first kappa shape index (κ1) is 13.1. The molecule has 2 N–H and O–H groups in total. The van der Waals surface area contributed by atoms with E-state index in [2.05, 4.69) is 20.2 Å². The largest absolute Gasteiger partial charge is 0.384 e. The van der Waals surface area contributed by atoms with Crippen LogP contribution < -0.4 is 10.0 Å². The monoisotopic (exact) mass is 294 g/mol. The van der Waals surface area contributed by atoms with E-state index in [1.54, 1.807) is 12.1 Å². The van der Waals surface area contributed by atoms with Crippen molar-refractivity contribution < 1.29 is 12.9 Å². The first-order chi connectivity index (χ1) is 9.65. The van der Waals surface area contributed by atoms with Crippen molar-refractivity contribution in [2.75, 3.05) is 18.4 Å². The van der Waals surface area contributed by atoms with Crippen LogP contribution in [0.25, 0.3) is 0 Å². The number of aromatic nitrogens is 2. The Morgan fingerprint density at radius 1 is 1.40 bits per heavy atom. The molecule has 0 radical (unpaired) electrons. The van der Waals surface area contributed by atoms with Crippen LogP contribution in [-0.2, 0) is 22.9 Å². The second-order valence-corrected chi connectivity index (χ2v) is 6.25. The molecule has 0 saturated heterocycles. The van der Waals surface area contributed by atoms with Gasteiger partial charge in [-0.05, 0) is 24.1 Å². The molecule has 0 atom stereocenters. The fourth-order valence-electron chi connectivity index (χ4n) is 2.12. The fourth-order valence-corrected chi connectivity index (χ4v) is 3.18. The molecule has 1 aliphatic rings. The second kappa shape index (κ2) is 5.22. The lowest BCUT2D eigenvalue weighted by atomic mass is 10.2. The molecule has 0 spiro atoms. The summed E-state index contributed by atoms with van der Waals surface area (Å²) in [5, 5.41) is 6.63. The minimum Gasteiger partial charge on any atom is -0.384 e. The summed E-state index contributed by atoms with van der Waals surface area (Å²) < 4.78 is 31.6. The predicted molar refractivity (Wildman–Crippen MR) is 71.8 cm³/mol. The highest BCUT2D eigenvalue weighted by Crippen LogP contribution is 2.25. The molecule has 0 bridgehead atoms. The number of hydrogen-bond donors (Lipinski definition) is 2. The number of sulfonamides is 1. The van der Waals surface area contributed by atoms with Gasteiger partial charge in [-0.1, -0.05) is 11.2 Å². The molecule has 3 rings (SSSR count). The quantitative estimate of drug-likeness (QED) is 0.836. The minimum atomic E-state index is -3.51. The van der Waals surface area contributed by atoms with Gasteiger partial charge < -0.3 is 9.84 Å². The van der Waals surface area contributed by atoms with Gasteiger partial charge in [-0.15, -0.1) is 0 Å². The van der Waals surface area contributed by atoms with Gasteiger partial charge in [0.2, 0.25) is 15.9 Å². The molecule has 2 aromatic rings. The smallest absolute Gasteiger partial charge is 0.240 e. The molecule has 8 heteroatoms. The highest BCUT2D eigenvalue weighted by molar-refractivity contribution is 7.89. The zero-order valence-electron chi connectivity index (χ0n) is 10.7. The summed E-state index contributed by atoms with van der Waals surface area (Å²) in [6.07, 6.45) is 2.58. The molecular weight excluding hydrogens is 280 g/mol. The molecule has 7 nitrogen and oxygen atoms in total. The summed E-state index contributed by atoms with van der Waals surface area (Å²) in [6, 6.07) is 5.14. The standard InChI is InChI=1S/C12H14N4O3S/c17-20(18,16-6-4-12-14-8-15-19-12)10-2-1-9-3-5-13-11(9)7-10/h1-2,7-8,13,16H,3-6H2. The molecule has 20 heavy (non-hydrogen) atoms. The molecular formula is C12H14N4O3S. The van der Waals surface area contributed by atoms with Gasteiger partial charge in [-0.2, -0.15) is 4.98 Å². The molecule has 1 aliphatic heterocycles. The van der Waals surface area contributed by atoms with Crippen molar-refractivity contribution in [3.8, 4) is 0 Å². The van der Waals surface area contributed by atoms with E-state index in [-0.39, 0.29) is 11.4 Å². The van der Waals surface area contributed by atoms with Gasteiger partial charge in [0.1, 0.15) is 0 Å². The van der Waals surface area contributed by atoms with Crippen LogP contribution in [0.4, 0.5) is 5.69 Å². The van der Waals surface area contributed by atoms with E-state index in [1.807, 2.05) is 6.07 Å². The number of hydrogen-bond acceptors (Lipinski definition) is 6. The predicted octanol–water partition coefficient (Wildman–Crippen LogP) is 0.559. The molecule has 0 aliphatic carbocycles. The van der Waals surface area contributed by atoms with Crippen molar-refractivity contribution in [2.24, 2.45) is 0 Å². The summed E-state index contributed by atoms with van der Waals surface area (Å²) in [5.74, 6) is 0.406. The van der Waals surface area contributed by atoms with Gasteiger partial charge in [0, 0.05) is 25.2 Å². The van der Waals surface area contributed by atoms with Crippen LogP contribution in [-0.4, -0.2) is 31.6 Å². The number of nitrogens with one attached hydrogen (secondary N) is 2. The van der Waals surface area contributed by atoms with Crippen molar-refractivity contribution in [3.63, 3.8) is 0 Å². The van der Waals surface area contributed by atoms with E-state index in [4.69, 9.17) is 4.52 Å². The Hall–Kier alpha value is -1.93. The lowest BCUT2D eigenvalue weighted by molar-refractivity contribution is 0.377. The maximum Gasteiger partial charge on any atom is 0.240 e. The van der Waals surface area contributed by atoms with Gasteiger partial charge >= 0.3 is 0 Å². The average molecular weight is 294 g/mol. The number of anilines is 1. The van der Waals surface area contributed by atoms with E-state index in [1.165, 1.54) is 6.33 Å². The maximum absolute atomic E-state index is 12.2. The van der Waals surface area contributed by atoms with Crippen LogP contribution in [0.1, 0.15) is 11.5 Å². The van der Waals surface area contributed by atoms with Gasteiger partial charge in [-0.3, -0.25) is 0 Å². The molecule has 0 amide bonds. The van der Waals surface area contributed by atoms with E-state index >= 15 is 0 Å². The lowest BCUT2D eigenvalue weighted by Crippen LogP contribution is -2.26. The molecule has 2 heterocycles. The van der Waals surface area contributed by atoms with Crippen LogP contribution in [0.15, 0.2) is 33.9 Å². The lowest BCUT2D eigenvalue weighted by Gasteiger charge is -2.07. The Morgan fingerprint density at radius 2 is 2.30 bits per heavy atom. The first-order valence-corrected chi connectivity index (χ1v) is 7.75. The molecule has 1 aromatic heterocycles. The van der Waals surface area contributed by atoms with Crippen molar-refractivity contribution in [3.05, 3.63) is 36.0 Å². The Balaban J connectivity index is 1.68. The Kier molecular flexibility index (Phi) is 3.41. The Bertz CT molecular complexity index is 697. The Morgan fingerprint density at radius 3 is 3.10 bits per heavy atom. The highest BCUT2D eigenvalue weighted by atomic mass is 32.2. The number of nitrogens with zero attached hydrogens (tertiary/aromatic N) is 2. The van der Waals surface area contributed by atoms with Gasteiger partial charge in [0.15, 0.2) is 6.33 Å². The van der Waals surface area contributed by atoms with Crippen LogP contribution in [0.5, 0.6) is 0 Å². The van der Waals surface area contributed by atoms with Crippen LogP contribution >= 0.6 is 0 Å². The molecule has 0 fully saturated rings. The first-order valence-electron chi connectivity index (χ1n) is 6.27. The van der Waals surface area contributed by atoms with Crippen molar-refractivity contribution in [1.29, 1.82) is 0 Å². The third-order valence-corrected chi connectivity index (χ3v) is 4.60. The Labute approximate surface area is 116 Å². The molecule has 106 valence electrons. The van der Waals surface area contributed by atoms with Crippen molar-refractivity contribution in [1.82, 2.24) is 14.9 Å². The fraction of sp³-hybridized carbons (Fsp3) is 0.333. The summed E-state index contributed by atoms with van der Waals surface area (Å²) >= 11 is 0. The van der Waals surface area contributed by atoms with Crippen LogP contribution in [0.3, 0.4) is 0 Å². The third kappa shape index (κ3) is 2.66. The van der Waals surface area contributed by atoms with Gasteiger partial charge in [0.25, 0.3) is 0 Å². The number of fused-ring (bicyclic) bond motifs is 1. The van der Waals surface area contributed by atoms with Crippen LogP contribution in [0, 0.1) is 0 Å². The van der Waals surface area contributed by atoms with E-state index < -0.39 is 10.0 Å². The van der Waals surface area contributed by atoms with Gasteiger partial charge in [0.05, 0.1) is 4.90 Å². The van der Waals surface area contributed by atoms with Crippen LogP contribution in [0.2, 0.25) is 0 Å². The maximum atomic E-state index is 12.2. The molecule has 0 saturated carbocycles. The van der Waals surface area contributed by atoms with E-state index in [9.17, 15) is 8.42 Å². The summed E-state index contributed by atoms with van der Waals surface area (Å²) in [4.78, 5) is 4.09. The summed E-state index contributed by atoms with van der Waals surface area (Å²) in [5.41, 5.74) is 2.04. The van der Waals surface area contributed by atoms with Crippen molar-refractivity contribution in [2.45, 2.75) is 17.7 Å². The topological polar surface area (TPSA) is 97.1 Å². The zero-order chi connectivity index (χ0) is 14.0. The van der Waals surface area contributed by atoms with E-state index in [0.717, 1.165) is 24.2 Å². The average Bonchev–Trinajstić information content (AvgIpc) is 3.08. The molecule has 1 aromatic carbocycles. The number of rotatable bonds is 5. The van der Waals surface area contributed by atoms with E-state index in [0.29, 0.717) is 12.3 Å². The summed E-state index contributed by atoms with van der Waals surface area (Å²) in [6.45, 7) is 1.07. The molecule has 0 unspecified atom stereocenters. The second-order valence-electron chi connectivity index (χ2n) is 4.48. The zero-order valence-corrected chi connectivity index (χ0v) is 11.5. The third-order valence-electron chi connectivity index (χ3n) is 3.14. The SMILES string of the molecule is O=S(=O)(NCCc1ncno1)c1ccc2c(c1)NCC2. The van der Waals surface area contributed by atoms with Gasteiger partial charge in [-0.25, -0.2) is 13.1 Å².